The number of hydrogen-bond donors (Lipinski definition) is 1. The smallest absolute Gasteiger partial charge is 0.344 e. The van der Waals surface area contributed by atoms with Crippen LogP contribution >= 0.6 is 0 Å². The maximum absolute atomic E-state index is 12.8. The molecule has 2 aromatic rings. The zero-order valence-electron chi connectivity index (χ0n) is 15.7. The number of carbonyl (C=O) groups is 2. The average Bonchev–Trinajstić information content (AvgIpc) is 2.67. The Balaban J connectivity index is 1.88. The standard InChI is InChI=1S/C21H24FNO4/c1-4-14(2)18-7-5-6-8-19(18)23-21(25)15(3)27-20(24)13-26-17-11-9-16(22)10-12-17/h5-12,14-15H,4,13H2,1-3H3,(H,23,25)/t14-,15-/m1/s1. The number of ether oxygens (including phenoxy) is 2. The van der Waals surface area contributed by atoms with Crippen LogP contribution in [0.15, 0.2) is 48.5 Å². The topological polar surface area (TPSA) is 64.6 Å². The lowest BCUT2D eigenvalue weighted by Crippen LogP contribution is -2.32. The summed E-state index contributed by atoms with van der Waals surface area (Å²) >= 11 is 0. The molecule has 6 heteroatoms. The number of anilines is 1. The van der Waals surface area contributed by atoms with Crippen LogP contribution in [0, 0.1) is 5.82 Å². The van der Waals surface area contributed by atoms with Crippen molar-refractivity contribution < 1.29 is 23.5 Å². The number of carbonyl (C=O) groups excluding carboxylic acids is 2. The fourth-order valence-electron chi connectivity index (χ4n) is 2.45. The highest BCUT2D eigenvalue weighted by molar-refractivity contribution is 5.95. The molecule has 0 unspecified atom stereocenters. The normalized spacial score (nSPS) is 12.7. The van der Waals surface area contributed by atoms with E-state index in [4.69, 9.17) is 9.47 Å². The molecule has 0 aliphatic rings. The third kappa shape index (κ3) is 6.09. The molecule has 0 aliphatic carbocycles. The number of esters is 1. The molecule has 1 amide bonds. The van der Waals surface area contributed by atoms with E-state index in [0.717, 1.165) is 12.0 Å². The van der Waals surface area contributed by atoms with Gasteiger partial charge in [0.1, 0.15) is 11.6 Å². The predicted molar refractivity (Wildman–Crippen MR) is 101 cm³/mol. The van der Waals surface area contributed by atoms with Crippen LogP contribution in [-0.4, -0.2) is 24.6 Å². The first-order chi connectivity index (χ1) is 12.9. The molecular formula is C21H24FNO4. The molecule has 0 saturated heterocycles. The van der Waals surface area contributed by atoms with Crippen LogP contribution in [0.4, 0.5) is 10.1 Å². The van der Waals surface area contributed by atoms with Gasteiger partial charge in [0.15, 0.2) is 12.7 Å². The van der Waals surface area contributed by atoms with Crippen LogP contribution in [0.3, 0.4) is 0 Å². The van der Waals surface area contributed by atoms with Gasteiger partial charge in [-0.2, -0.15) is 0 Å². The molecule has 0 bridgehead atoms. The third-order valence-electron chi connectivity index (χ3n) is 4.21. The maximum Gasteiger partial charge on any atom is 0.344 e. The van der Waals surface area contributed by atoms with Crippen LogP contribution in [0.1, 0.15) is 38.7 Å². The van der Waals surface area contributed by atoms with Crippen molar-refractivity contribution in [2.45, 2.75) is 39.2 Å². The van der Waals surface area contributed by atoms with E-state index in [9.17, 15) is 14.0 Å². The van der Waals surface area contributed by atoms with Crippen molar-refractivity contribution in [1.29, 1.82) is 0 Å². The highest BCUT2D eigenvalue weighted by Crippen LogP contribution is 2.26. The van der Waals surface area contributed by atoms with Crippen molar-refractivity contribution in [2.24, 2.45) is 0 Å². The lowest BCUT2D eigenvalue weighted by molar-refractivity contribution is -0.155. The Labute approximate surface area is 158 Å². The average molecular weight is 373 g/mol. The summed E-state index contributed by atoms with van der Waals surface area (Å²) in [6.07, 6.45) is -0.0303. The van der Waals surface area contributed by atoms with E-state index in [1.165, 1.54) is 31.2 Å². The molecule has 0 aromatic heterocycles. The van der Waals surface area contributed by atoms with E-state index in [1.807, 2.05) is 24.3 Å². The fourth-order valence-corrected chi connectivity index (χ4v) is 2.45. The molecule has 144 valence electrons. The first-order valence-corrected chi connectivity index (χ1v) is 8.88. The number of nitrogens with one attached hydrogen (secondary N) is 1. The molecule has 2 rings (SSSR count). The summed E-state index contributed by atoms with van der Waals surface area (Å²) < 4.78 is 23.2. The second kappa shape index (κ2) is 9.71. The van der Waals surface area contributed by atoms with Gasteiger partial charge in [-0.05, 0) is 55.2 Å². The maximum atomic E-state index is 12.8. The fraction of sp³-hybridized carbons (Fsp3) is 0.333. The molecule has 27 heavy (non-hydrogen) atoms. The van der Waals surface area contributed by atoms with Crippen LogP contribution in [0.5, 0.6) is 5.75 Å². The second-order valence-corrected chi connectivity index (χ2v) is 6.26. The van der Waals surface area contributed by atoms with Gasteiger partial charge in [0.2, 0.25) is 0 Å². The summed E-state index contributed by atoms with van der Waals surface area (Å²) in [4.78, 5) is 24.2. The Hall–Kier alpha value is -2.89. The summed E-state index contributed by atoms with van der Waals surface area (Å²) in [6, 6.07) is 12.8. The van der Waals surface area contributed by atoms with E-state index >= 15 is 0 Å². The lowest BCUT2D eigenvalue weighted by Gasteiger charge is -2.18. The summed E-state index contributed by atoms with van der Waals surface area (Å²) in [6.45, 7) is 5.29. The summed E-state index contributed by atoms with van der Waals surface area (Å²) in [5, 5.41) is 2.81. The zero-order valence-corrected chi connectivity index (χ0v) is 15.7. The summed E-state index contributed by atoms with van der Waals surface area (Å²) in [5.74, 6) is -0.859. The van der Waals surface area contributed by atoms with E-state index in [2.05, 4.69) is 19.2 Å². The van der Waals surface area contributed by atoms with Crippen LogP contribution < -0.4 is 10.1 Å². The minimum atomic E-state index is -0.973. The highest BCUT2D eigenvalue weighted by Gasteiger charge is 2.20. The molecule has 0 radical (unpaired) electrons. The van der Waals surface area contributed by atoms with Crippen molar-refractivity contribution in [1.82, 2.24) is 0 Å². The van der Waals surface area contributed by atoms with Crippen molar-refractivity contribution in [2.75, 3.05) is 11.9 Å². The van der Waals surface area contributed by atoms with Gasteiger partial charge in [-0.1, -0.05) is 32.0 Å². The Kier molecular flexibility index (Phi) is 7.34. The van der Waals surface area contributed by atoms with E-state index < -0.39 is 23.8 Å². The zero-order chi connectivity index (χ0) is 19.8. The molecule has 2 aromatic carbocycles. The van der Waals surface area contributed by atoms with Crippen LogP contribution in [0.2, 0.25) is 0 Å². The van der Waals surface area contributed by atoms with Gasteiger partial charge < -0.3 is 14.8 Å². The van der Waals surface area contributed by atoms with Gasteiger partial charge >= 0.3 is 5.97 Å². The Morgan fingerprint density at radius 3 is 2.41 bits per heavy atom. The number of hydrogen-bond acceptors (Lipinski definition) is 4. The molecular weight excluding hydrogens is 349 g/mol. The Bertz CT molecular complexity index is 776. The predicted octanol–water partition coefficient (Wildman–Crippen LogP) is 4.29. The third-order valence-corrected chi connectivity index (χ3v) is 4.21. The number of halogens is 1. The minimum absolute atomic E-state index is 0.295. The van der Waals surface area contributed by atoms with E-state index in [1.54, 1.807) is 0 Å². The molecule has 0 heterocycles. The SMILES string of the molecule is CC[C@@H](C)c1ccccc1NC(=O)[C@@H](C)OC(=O)COc1ccc(F)cc1. The summed E-state index contributed by atoms with van der Waals surface area (Å²) in [7, 11) is 0. The number of rotatable bonds is 8. The monoisotopic (exact) mass is 373 g/mol. The molecule has 0 aliphatic heterocycles. The first-order valence-electron chi connectivity index (χ1n) is 8.88. The summed E-state index contributed by atoms with van der Waals surface area (Å²) in [5.41, 5.74) is 1.74. The van der Waals surface area contributed by atoms with Crippen molar-refractivity contribution in [3.05, 3.63) is 59.9 Å². The van der Waals surface area contributed by atoms with Gasteiger partial charge in [-0.25, -0.2) is 9.18 Å². The number of para-hydroxylation sites is 1. The molecule has 2 atom stereocenters. The Morgan fingerprint density at radius 2 is 1.74 bits per heavy atom. The van der Waals surface area contributed by atoms with Crippen molar-refractivity contribution in [3.8, 4) is 5.75 Å². The molecule has 1 N–H and O–H groups in total. The molecule has 5 nitrogen and oxygen atoms in total. The molecule has 0 spiro atoms. The number of amides is 1. The highest BCUT2D eigenvalue weighted by atomic mass is 19.1. The number of benzene rings is 2. The van der Waals surface area contributed by atoms with Crippen molar-refractivity contribution in [3.63, 3.8) is 0 Å². The van der Waals surface area contributed by atoms with Gasteiger partial charge in [0, 0.05) is 5.69 Å². The van der Waals surface area contributed by atoms with Crippen LogP contribution in [0.25, 0.3) is 0 Å². The largest absolute Gasteiger partial charge is 0.482 e. The Morgan fingerprint density at radius 1 is 1.07 bits per heavy atom. The molecule has 0 saturated carbocycles. The van der Waals surface area contributed by atoms with E-state index in [-0.39, 0.29) is 6.61 Å². The molecule has 0 fully saturated rings. The lowest BCUT2D eigenvalue weighted by atomic mass is 9.97. The van der Waals surface area contributed by atoms with Gasteiger partial charge in [-0.3, -0.25) is 4.79 Å². The van der Waals surface area contributed by atoms with Gasteiger partial charge in [0.25, 0.3) is 5.91 Å². The van der Waals surface area contributed by atoms with Gasteiger partial charge in [-0.15, -0.1) is 0 Å². The van der Waals surface area contributed by atoms with Crippen LogP contribution in [-0.2, 0) is 14.3 Å². The van der Waals surface area contributed by atoms with Crippen molar-refractivity contribution >= 4 is 17.6 Å². The first kappa shape index (κ1) is 20.4. The van der Waals surface area contributed by atoms with E-state index in [0.29, 0.717) is 17.4 Å². The quantitative estimate of drug-likeness (QED) is 0.701. The minimum Gasteiger partial charge on any atom is -0.482 e. The second-order valence-electron chi connectivity index (χ2n) is 6.26. The van der Waals surface area contributed by atoms with Gasteiger partial charge in [0.05, 0.1) is 0 Å².